The maximum atomic E-state index is 11.5. The van der Waals surface area contributed by atoms with Crippen LogP contribution in [0, 0.1) is 5.92 Å². The molecule has 1 unspecified atom stereocenters. The van der Waals surface area contributed by atoms with Crippen molar-refractivity contribution in [3.63, 3.8) is 0 Å². The van der Waals surface area contributed by atoms with Gasteiger partial charge < -0.3 is 5.32 Å². The van der Waals surface area contributed by atoms with E-state index < -0.39 is 0 Å². The first kappa shape index (κ1) is 11.7. The monoisotopic (exact) mass is 275 g/mol. The second-order valence-electron chi connectivity index (χ2n) is 3.44. The number of hydrogen-bond acceptors (Lipinski definition) is 2. The van der Waals surface area contributed by atoms with Gasteiger partial charge in [-0.1, -0.05) is 35.8 Å². The van der Waals surface area contributed by atoms with Gasteiger partial charge in [-0.3, -0.25) is 4.79 Å². The van der Waals surface area contributed by atoms with Crippen molar-refractivity contribution in [2.45, 2.75) is 25.2 Å². The molecule has 0 bridgehead atoms. The Labute approximate surface area is 96.8 Å². The van der Waals surface area contributed by atoms with E-state index >= 15 is 0 Å². The van der Waals surface area contributed by atoms with E-state index in [-0.39, 0.29) is 10.7 Å². The third-order valence-corrected chi connectivity index (χ3v) is 4.20. The Morgan fingerprint density at radius 2 is 2.36 bits per heavy atom. The normalized spacial score (nSPS) is 12.9. The van der Waals surface area contributed by atoms with Gasteiger partial charge in [0.2, 0.25) is 5.91 Å². The molecule has 78 valence electrons. The predicted octanol–water partition coefficient (Wildman–Crippen LogP) is 2.78. The molecule has 4 heteroatoms. The third kappa shape index (κ3) is 3.42. The van der Waals surface area contributed by atoms with Crippen molar-refractivity contribution in [2.75, 3.05) is 0 Å². The van der Waals surface area contributed by atoms with Gasteiger partial charge in [0.25, 0.3) is 0 Å². The lowest BCUT2D eigenvalue weighted by Gasteiger charge is -2.12. The van der Waals surface area contributed by atoms with Crippen LogP contribution in [0.1, 0.15) is 18.7 Å². The van der Waals surface area contributed by atoms with Crippen LogP contribution in [0.4, 0.5) is 0 Å². The maximum absolute atomic E-state index is 11.5. The Hall–Kier alpha value is -0.350. The smallest absolute Gasteiger partial charge is 0.234 e. The van der Waals surface area contributed by atoms with Gasteiger partial charge in [0, 0.05) is 4.88 Å². The van der Waals surface area contributed by atoms with Gasteiger partial charge in [0.05, 0.1) is 11.4 Å². The van der Waals surface area contributed by atoms with E-state index in [2.05, 4.69) is 21.2 Å². The Morgan fingerprint density at radius 3 is 2.86 bits per heavy atom. The first-order chi connectivity index (χ1) is 6.61. The lowest BCUT2D eigenvalue weighted by molar-refractivity contribution is -0.121. The Balaban J connectivity index is 2.35. The molecule has 14 heavy (non-hydrogen) atoms. The minimum atomic E-state index is -0.0949. The van der Waals surface area contributed by atoms with E-state index in [0.717, 1.165) is 0 Å². The first-order valence-electron chi connectivity index (χ1n) is 4.55. The molecule has 2 nitrogen and oxygen atoms in total. The van der Waals surface area contributed by atoms with Gasteiger partial charge in [0.1, 0.15) is 0 Å². The molecule has 0 saturated carbocycles. The number of amides is 1. The van der Waals surface area contributed by atoms with Crippen molar-refractivity contribution in [3.05, 3.63) is 22.4 Å². The fourth-order valence-electron chi connectivity index (χ4n) is 0.988. The molecule has 0 saturated heterocycles. The summed E-state index contributed by atoms with van der Waals surface area (Å²) in [6.07, 6.45) is 0. The zero-order valence-corrected chi connectivity index (χ0v) is 10.7. The summed E-state index contributed by atoms with van der Waals surface area (Å²) in [6.45, 7) is 4.67. The Bertz CT molecular complexity index is 284. The van der Waals surface area contributed by atoms with Crippen LogP contribution in [0.15, 0.2) is 17.5 Å². The fourth-order valence-corrected chi connectivity index (χ4v) is 1.79. The van der Waals surface area contributed by atoms with Crippen LogP contribution in [-0.4, -0.2) is 10.7 Å². The van der Waals surface area contributed by atoms with E-state index in [9.17, 15) is 4.79 Å². The molecule has 1 heterocycles. The average molecular weight is 276 g/mol. The summed E-state index contributed by atoms with van der Waals surface area (Å²) < 4.78 is 0. The topological polar surface area (TPSA) is 29.1 Å². The predicted molar refractivity (Wildman–Crippen MR) is 63.7 cm³/mol. The number of alkyl halides is 1. The highest BCUT2D eigenvalue weighted by molar-refractivity contribution is 9.10. The third-order valence-electron chi connectivity index (χ3n) is 1.85. The number of halogens is 1. The highest BCUT2D eigenvalue weighted by Crippen LogP contribution is 2.13. The molecule has 0 aliphatic rings. The van der Waals surface area contributed by atoms with Gasteiger partial charge in [-0.15, -0.1) is 11.3 Å². The van der Waals surface area contributed by atoms with Crippen molar-refractivity contribution >= 4 is 33.2 Å². The minimum Gasteiger partial charge on any atom is -0.350 e. The summed E-state index contributed by atoms with van der Waals surface area (Å²) in [6, 6.07) is 4.00. The van der Waals surface area contributed by atoms with Crippen LogP contribution >= 0.6 is 27.3 Å². The zero-order chi connectivity index (χ0) is 10.6. The van der Waals surface area contributed by atoms with Gasteiger partial charge in [0.15, 0.2) is 0 Å². The van der Waals surface area contributed by atoms with Crippen LogP contribution in [0.3, 0.4) is 0 Å². The molecule has 0 fully saturated rings. The molecular formula is C10H14BrNOS. The van der Waals surface area contributed by atoms with E-state index in [1.54, 1.807) is 11.3 Å². The van der Waals surface area contributed by atoms with E-state index in [0.29, 0.717) is 12.5 Å². The van der Waals surface area contributed by atoms with E-state index in [1.165, 1.54) is 4.88 Å². The number of carbonyl (C=O) groups excluding carboxylic acids is 1. The standard InChI is InChI=1S/C10H14BrNOS/c1-7(2)9(11)10(13)12-6-8-4-3-5-14-8/h3-5,7,9H,6H2,1-2H3,(H,12,13). The highest BCUT2D eigenvalue weighted by Gasteiger charge is 2.17. The zero-order valence-electron chi connectivity index (χ0n) is 8.29. The molecular weight excluding hydrogens is 262 g/mol. The molecule has 1 aromatic rings. The molecule has 0 aromatic carbocycles. The largest absolute Gasteiger partial charge is 0.350 e. The SMILES string of the molecule is CC(C)C(Br)C(=O)NCc1cccs1. The fraction of sp³-hybridized carbons (Fsp3) is 0.500. The molecule has 0 radical (unpaired) electrons. The molecule has 1 rings (SSSR count). The minimum absolute atomic E-state index is 0.0633. The molecule has 1 aromatic heterocycles. The lowest BCUT2D eigenvalue weighted by atomic mass is 10.1. The number of hydrogen-bond donors (Lipinski definition) is 1. The van der Waals surface area contributed by atoms with Crippen molar-refractivity contribution < 1.29 is 4.79 Å². The second kappa shape index (κ2) is 5.51. The van der Waals surface area contributed by atoms with E-state index in [4.69, 9.17) is 0 Å². The number of thiophene rings is 1. The molecule has 0 spiro atoms. The summed E-state index contributed by atoms with van der Waals surface area (Å²) >= 11 is 5.02. The van der Waals surface area contributed by atoms with Crippen molar-refractivity contribution in [2.24, 2.45) is 5.92 Å². The number of rotatable bonds is 4. The molecule has 0 aliphatic heterocycles. The van der Waals surface area contributed by atoms with Crippen molar-refractivity contribution in [1.82, 2.24) is 5.32 Å². The number of carbonyl (C=O) groups is 1. The maximum Gasteiger partial charge on any atom is 0.234 e. The van der Waals surface area contributed by atoms with Crippen molar-refractivity contribution in [3.8, 4) is 0 Å². The average Bonchev–Trinajstić information content (AvgIpc) is 2.65. The lowest BCUT2D eigenvalue weighted by Crippen LogP contribution is -2.33. The Kier molecular flexibility index (Phi) is 4.62. The van der Waals surface area contributed by atoms with Gasteiger partial charge in [-0.05, 0) is 17.4 Å². The van der Waals surface area contributed by atoms with Gasteiger partial charge in [-0.2, -0.15) is 0 Å². The van der Waals surface area contributed by atoms with Crippen LogP contribution < -0.4 is 5.32 Å². The van der Waals surface area contributed by atoms with E-state index in [1.807, 2.05) is 31.4 Å². The number of nitrogens with one attached hydrogen (secondary N) is 1. The molecule has 0 aliphatic carbocycles. The van der Waals surface area contributed by atoms with Crippen molar-refractivity contribution in [1.29, 1.82) is 0 Å². The molecule has 1 N–H and O–H groups in total. The van der Waals surface area contributed by atoms with Gasteiger partial charge >= 0.3 is 0 Å². The van der Waals surface area contributed by atoms with Crippen LogP contribution in [0.5, 0.6) is 0 Å². The Morgan fingerprint density at radius 1 is 1.64 bits per heavy atom. The molecule has 1 amide bonds. The highest BCUT2D eigenvalue weighted by atomic mass is 79.9. The summed E-state index contributed by atoms with van der Waals surface area (Å²) in [5.74, 6) is 0.381. The molecule has 1 atom stereocenters. The first-order valence-corrected chi connectivity index (χ1v) is 6.35. The summed E-state index contributed by atoms with van der Waals surface area (Å²) in [4.78, 5) is 12.6. The van der Waals surface area contributed by atoms with Crippen LogP contribution in [0.2, 0.25) is 0 Å². The quantitative estimate of drug-likeness (QED) is 0.842. The van der Waals surface area contributed by atoms with Gasteiger partial charge in [-0.25, -0.2) is 0 Å². The summed E-state index contributed by atoms with van der Waals surface area (Å²) in [5, 5.41) is 4.90. The summed E-state index contributed by atoms with van der Waals surface area (Å²) in [7, 11) is 0. The second-order valence-corrected chi connectivity index (χ2v) is 5.46. The van der Waals surface area contributed by atoms with Crippen LogP contribution in [-0.2, 0) is 11.3 Å². The van der Waals surface area contributed by atoms with Crippen LogP contribution in [0.25, 0.3) is 0 Å². The summed E-state index contributed by atoms with van der Waals surface area (Å²) in [5.41, 5.74) is 0.